The molecule has 6 heteroatoms. The summed E-state index contributed by atoms with van der Waals surface area (Å²) in [7, 11) is 1.81. The van der Waals surface area contributed by atoms with Crippen molar-refractivity contribution in [2.45, 2.75) is 25.8 Å². The smallest absolute Gasteiger partial charge is 0.219 e. The molecule has 1 aliphatic rings. The van der Waals surface area contributed by atoms with Gasteiger partial charge in [-0.2, -0.15) is 0 Å². The first kappa shape index (κ1) is 12.7. The van der Waals surface area contributed by atoms with Crippen LogP contribution in [0.4, 0.5) is 10.2 Å². The summed E-state index contributed by atoms with van der Waals surface area (Å²) in [6.45, 7) is 2.98. The maximum atomic E-state index is 13.5. The molecule has 0 unspecified atom stereocenters. The van der Waals surface area contributed by atoms with Crippen molar-refractivity contribution in [3.63, 3.8) is 0 Å². The highest BCUT2D eigenvalue weighted by Gasteiger charge is 2.25. The summed E-state index contributed by atoms with van der Waals surface area (Å²) in [5.74, 6) is 0.0338. The van der Waals surface area contributed by atoms with Crippen LogP contribution in [0.1, 0.15) is 19.8 Å². The SMILES string of the molecule is CC(=O)N(C)C1CCN(c2ncncc2F)CC1. The number of halogens is 1. The van der Waals surface area contributed by atoms with E-state index in [4.69, 9.17) is 0 Å². The number of amides is 1. The first-order valence-electron chi connectivity index (χ1n) is 6.03. The van der Waals surface area contributed by atoms with Gasteiger partial charge in [-0.05, 0) is 12.8 Å². The molecular weight excluding hydrogens is 235 g/mol. The van der Waals surface area contributed by atoms with Gasteiger partial charge in [0.15, 0.2) is 11.6 Å². The van der Waals surface area contributed by atoms with E-state index in [-0.39, 0.29) is 11.9 Å². The Bertz CT molecular complexity index is 432. The summed E-state index contributed by atoms with van der Waals surface area (Å²) in [5, 5.41) is 0. The van der Waals surface area contributed by atoms with Crippen LogP contribution >= 0.6 is 0 Å². The van der Waals surface area contributed by atoms with Crippen LogP contribution in [-0.4, -0.2) is 47.0 Å². The summed E-state index contributed by atoms with van der Waals surface area (Å²) in [6.07, 6.45) is 4.20. The molecule has 0 spiro atoms. The maximum Gasteiger partial charge on any atom is 0.219 e. The highest BCUT2D eigenvalue weighted by atomic mass is 19.1. The van der Waals surface area contributed by atoms with Gasteiger partial charge in [0.05, 0.1) is 6.20 Å². The van der Waals surface area contributed by atoms with Crippen molar-refractivity contribution in [1.29, 1.82) is 0 Å². The summed E-state index contributed by atoms with van der Waals surface area (Å²) in [4.78, 5) is 22.5. The summed E-state index contributed by atoms with van der Waals surface area (Å²) < 4.78 is 13.5. The standard InChI is InChI=1S/C12H17FN4O/c1-9(18)16(2)10-3-5-17(6-4-10)12-11(13)7-14-8-15-12/h7-8,10H,3-6H2,1-2H3. The number of carbonyl (C=O) groups excluding carboxylic acids is 1. The van der Waals surface area contributed by atoms with Gasteiger partial charge in [-0.3, -0.25) is 4.79 Å². The first-order chi connectivity index (χ1) is 8.59. The Labute approximate surface area is 106 Å². The van der Waals surface area contributed by atoms with Gasteiger partial charge < -0.3 is 9.80 Å². The molecule has 1 aliphatic heterocycles. The van der Waals surface area contributed by atoms with E-state index in [1.807, 2.05) is 11.9 Å². The summed E-state index contributed by atoms with van der Waals surface area (Å²) >= 11 is 0. The third kappa shape index (κ3) is 2.57. The van der Waals surface area contributed by atoms with Crippen molar-refractivity contribution in [3.05, 3.63) is 18.3 Å². The molecule has 0 bridgehead atoms. The average Bonchev–Trinajstić information content (AvgIpc) is 2.38. The summed E-state index contributed by atoms with van der Waals surface area (Å²) in [5.41, 5.74) is 0. The summed E-state index contributed by atoms with van der Waals surface area (Å²) in [6, 6.07) is 0.239. The fourth-order valence-electron chi connectivity index (χ4n) is 2.26. The van der Waals surface area contributed by atoms with E-state index in [2.05, 4.69) is 9.97 Å². The van der Waals surface area contributed by atoms with Gasteiger partial charge in [0.1, 0.15) is 6.33 Å². The number of hydrogen-bond acceptors (Lipinski definition) is 4. The Morgan fingerprint density at radius 1 is 1.50 bits per heavy atom. The number of aromatic nitrogens is 2. The monoisotopic (exact) mass is 252 g/mol. The lowest BCUT2D eigenvalue weighted by Gasteiger charge is -2.36. The second kappa shape index (κ2) is 5.29. The van der Waals surface area contributed by atoms with Gasteiger partial charge in [-0.1, -0.05) is 0 Å². The van der Waals surface area contributed by atoms with Crippen LogP contribution < -0.4 is 4.90 Å². The van der Waals surface area contributed by atoms with E-state index in [1.165, 1.54) is 12.5 Å². The minimum Gasteiger partial charge on any atom is -0.354 e. The molecule has 0 radical (unpaired) electrons. The van der Waals surface area contributed by atoms with Gasteiger partial charge >= 0.3 is 0 Å². The van der Waals surface area contributed by atoms with E-state index in [0.717, 1.165) is 12.8 Å². The van der Waals surface area contributed by atoms with Crippen LogP contribution in [0.3, 0.4) is 0 Å². The van der Waals surface area contributed by atoms with Crippen LogP contribution in [0.2, 0.25) is 0 Å². The average molecular weight is 252 g/mol. The lowest BCUT2D eigenvalue weighted by Crippen LogP contribution is -2.45. The molecule has 0 atom stereocenters. The molecule has 98 valence electrons. The Morgan fingerprint density at radius 3 is 2.72 bits per heavy atom. The molecule has 1 aromatic heterocycles. The molecule has 0 saturated carbocycles. The lowest BCUT2D eigenvalue weighted by atomic mass is 10.0. The fourth-order valence-corrected chi connectivity index (χ4v) is 2.26. The zero-order valence-corrected chi connectivity index (χ0v) is 10.6. The number of rotatable bonds is 2. The molecule has 2 heterocycles. The Hall–Kier alpha value is -1.72. The predicted molar refractivity (Wildman–Crippen MR) is 65.7 cm³/mol. The van der Waals surface area contributed by atoms with E-state index in [1.54, 1.807) is 11.8 Å². The van der Waals surface area contributed by atoms with Crippen molar-refractivity contribution < 1.29 is 9.18 Å². The molecule has 1 amide bonds. The normalized spacial score (nSPS) is 16.7. The van der Waals surface area contributed by atoms with Gasteiger partial charge in [-0.25, -0.2) is 14.4 Å². The second-order valence-electron chi connectivity index (χ2n) is 4.54. The largest absolute Gasteiger partial charge is 0.354 e. The molecule has 0 N–H and O–H groups in total. The van der Waals surface area contributed by atoms with Crippen molar-refractivity contribution in [1.82, 2.24) is 14.9 Å². The zero-order valence-electron chi connectivity index (χ0n) is 10.6. The topological polar surface area (TPSA) is 49.3 Å². The molecule has 2 rings (SSSR count). The number of piperidine rings is 1. The van der Waals surface area contributed by atoms with Crippen LogP contribution in [0, 0.1) is 5.82 Å². The molecular formula is C12H17FN4O. The van der Waals surface area contributed by atoms with Gasteiger partial charge in [-0.15, -0.1) is 0 Å². The zero-order chi connectivity index (χ0) is 13.1. The van der Waals surface area contributed by atoms with Crippen LogP contribution in [-0.2, 0) is 4.79 Å². The first-order valence-corrected chi connectivity index (χ1v) is 6.03. The fraction of sp³-hybridized carbons (Fsp3) is 0.583. The van der Waals surface area contributed by atoms with Crippen molar-refractivity contribution >= 4 is 11.7 Å². The number of carbonyl (C=O) groups is 1. The third-order valence-corrected chi connectivity index (χ3v) is 3.46. The molecule has 0 aliphatic carbocycles. The second-order valence-corrected chi connectivity index (χ2v) is 4.54. The van der Waals surface area contributed by atoms with E-state index in [0.29, 0.717) is 18.9 Å². The van der Waals surface area contributed by atoms with Gasteiger partial charge in [0, 0.05) is 33.1 Å². The molecule has 5 nitrogen and oxygen atoms in total. The number of hydrogen-bond donors (Lipinski definition) is 0. The third-order valence-electron chi connectivity index (χ3n) is 3.46. The lowest BCUT2D eigenvalue weighted by molar-refractivity contribution is -0.129. The molecule has 0 aromatic carbocycles. The highest BCUT2D eigenvalue weighted by molar-refractivity contribution is 5.73. The Kier molecular flexibility index (Phi) is 3.74. The highest BCUT2D eigenvalue weighted by Crippen LogP contribution is 2.21. The van der Waals surface area contributed by atoms with Crippen LogP contribution in [0.5, 0.6) is 0 Å². The van der Waals surface area contributed by atoms with Gasteiger partial charge in [0.25, 0.3) is 0 Å². The van der Waals surface area contributed by atoms with Gasteiger partial charge in [0.2, 0.25) is 5.91 Å². The maximum absolute atomic E-state index is 13.5. The minimum atomic E-state index is -0.393. The van der Waals surface area contributed by atoms with Crippen molar-refractivity contribution in [2.24, 2.45) is 0 Å². The van der Waals surface area contributed by atoms with Crippen molar-refractivity contribution in [3.8, 4) is 0 Å². The van der Waals surface area contributed by atoms with E-state index < -0.39 is 5.82 Å². The minimum absolute atomic E-state index is 0.0710. The Balaban J connectivity index is 1.99. The van der Waals surface area contributed by atoms with Crippen LogP contribution in [0.15, 0.2) is 12.5 Å². The number of nitrogens with zero attached hydrogens (tertiary/aromatic N) is 4. The molecule has 1 fully saturated rings. The van der Waals surface area contributed by atoms with Crippen LogP contribution in [0.25, 0.3) is 0 Å². The van der Waals surface area contributed by atoms with Crippen molar-refractivity contribution in [2.75, 3.05) is 25.0 Å². The molecule has 1 saturated heterocycles. The molecule has 18 heavy (non-hydrogen) atoms. The Morgan fingerprint density at radius 2 is 2.17 bits per heavy atom. The van der Waals surface area contributed by atoms with E-state index in [9.17, 15) is 9.18 Å². The number of anilines is 1. The van der Waals surface area contributed by atoms with E-state index >= 15 is 0 Å². The predicted octanol–water partition coefficient (Wildman–Crippen LogP) is 1.06. The molecule has 1 aromatic rings. The quantitative estimate of drug-likeness (QED) is 0.790.